The molecule has 24 heavy (non-hydrogen) atoms. The first-order valence-corrected chi connectivity index (χ1v) is 9.55. The van der Waals surface area contributed by atoms with E-state index in [-0.39, 0.29) is 11.3 Å². The largest absolute Gasteiger partial charge is 0.447 e. The minimum atomic E-state index is -3.42. The maximum absolute atomic E-state index is 12.5. The van der Waals surface area contributed by atoms with Crippen molar-refractivity contribution in [1.29, 1.82) is 5.26 Å². The first-order valence-electron chi connectivity index (χ1n) is 8.11. The van der Waals surface area contributed by atoms with Gasteiger partial charge in [-0.2, -0.15) is 9.57 Å². The summed E-state index contributed by atoms with van der Waals surface area (Å²) in [7, 11) is -3.42. The Morgan fingerprint density at radius 2 is 1.88 bits per heavy atom. The summed E-state index contributed by atoms with van der Waals surface area (Å²) >= 11 is 0. The lowest BCUT2D eigenvalue weighted by molar-refractivity contribution is -0.145. The summed E-state index contributed by atoms with van der Waals surface area (Å²) in [5.41, 5.74) is 0.856. The molecule has 0 aromatic heterocycles. The van der Waals surface area contributed by atoms with Crippen LogP contribution in [-0.2, 0) is 26.0 Å². The Balaban J connectivity index is 1.95. The fourth-order valence-electron chi connectivity index (χ4n) is 2.61. The minimum absolute atomic E-state index is 0.157. The van der Waals surface area contributed by atoms with Crippen LogP contribution in [0.2, 0.25) is 0 Å². The fraction of sp³-hybridized carbons (Fsp3) is 0.529. The molecule has 6 nitrogen and oxygen atoms in total. The number of aryl methyl sites for hydroxylation is 1. The molecule has 0 saturated carbocycles. The molecule has 1 fully saturated rings. The van der Waals surface area contributed by atoms with E-state index in [0.717, 1.165) is 24.8 Å². The van der Waals surface area contributed by atoms with E-state index >= 15 is 0 Å². The van der Waals surface area contributed by atoms with Crippen molar-refractivity contribution in [3.63, 3.8) is 0 Å². The first kappa shape index (κ1) is 18.4. The van der Waals surface area contributed by atoms with Crippen LogP contribution < -0.4 is 0 Å². The van der Waals surface area contributed by atoms with Crippen molar-refractivity contribution < 1.29 is 17.9 Å². The molecule has 1 aromatic carbocycles. The van der Waals surface area contributed by atoms with Crippen LogP contribution in [0.1, 0.15) is 38.2 Å². The number of carbonyl (C=O) groups is 1. The smallest absolute Gasteiger partial charge is 0.307 e. The number of hydrogen-bond donors (Lipinski definition) is 0. The number of nitriles is 1. The van der Waals surface area contributed by atoms with Crippen molar-refractivity contribution in [1.82, 2.24) is 4.31 Å². The highest BCUT2D eigenvalue weighted by Crippen LogP contribution is 2.21. The van der Waals surface area contributed by atoms with E-state index in [0.29, 0.717) is 19.5 Å². The Morgan fingerprint density at radius 1 is 1.25 bits per heavy atom. The van der Waals surface area contributed by atoms with E-state index in [4.69, 9.17) is 10.00 Å². The lowest BCUT2D eigenvalue weighted by Crippen LogP contribution is -2.35. The number of nitrogens with zero attached hydrogens (tertiary/aromatic N) is 2. The summed E-state index contributed by atoms with van der Waals surface area (Å²) in [6.07, 6.45) is 2.73. The van der Waals surface area contributed by atoms with Gasteiger partial charge in [-0.15, -0.1) is 0 Å². The zero-order chi connectivity index (χ0) is 17.6. The molecule has 7 heteroatoms. The van der Waals surface area contributed by atoms with Gasteiger partial charge >= 0.3 is 5.97 Å². The second kappa shape index (κ2) is 8.27. The van der Waals surface area contributed by atoms with Gasteiger partial charge in [0.15, 0.2) is 6.10 Å². The first-order chi connectivity index (χ1) is 11.4. The van der Waals surface area contributed by atoms with E-state index in [1.54, 1.807) is 24.3 Å². The van der Waals surface area contributed by atoms with Crippen LogP contribution in [-0.4, -0.2) is 37.9 Å². The van der Waals surface area contributed by atoms with Gasteiger partial charge in [0.25, 0.3) is 0 Å². The third kappa shape index (κ3) is 4.79. The number of ether oxygens (including phenoxy) is 1. The summed E-state index contributed by atoms with van der Waals surface area (Å²) < 4.78 is 31.5. The predicted octanol–water partition coefficient (Wildman–Crippen LogP) is 2.25. The molecule has 1 aromatic rings. The molecule has 2 rings (SSSR count). The third-order valence-corrected chi connectivity index (χ3v) is 5.90. The van der Waals surface area contributed by atoms with E-state index in [1.807, 2.05) is 6.07 Å². The van der Waals surface area contributed by atoms with Crippen LogP contribution in [0, 0.1) is 11.3 Å². The average Bonchev–Trinajstić information content (AvgIpc) is 2.61. The molecule has 0 N–H and O–H groups in total. The van der Waals surface area contributed by atoms with Gasteiger partial charge < -0.3 is 4.74 Å². The maximum Gasteiger partial charge on any atom is 0.307 e. The van der Waals surface area contributed by atoms with Crippen molar-refractivity contribution in [2.75, 3.05) is 13.1 Å². The Kier molecular flexibility index (Phi) is 6.35. The molecule has 1 heterocycles. The van der Waals surface area contributed by atoms with Gasteiger partial charge in [0.05, 0.1) is 4.90 Å². The monoisotopic (exact) mass is 350 g/mol. The van der Waals surface area contributed by atoms with Crippen molar-refractivity contribution in [3.05, 3.63) is 29.8 Å². The SMILES string of the molecule is C[C@@H](C#N)OC(=O)CCc1ccc(S(=O)(=O)N2CCCCC2)cc1. The lowest BCUT2D eigenvalue weighted by Gasteiger charge is -2.25. The summed E-state index contributed by atoms with van der Waals surface area (Å²) in [6.45, 7) is 2.66. The molecule has 0 amide bonds. The number of rotatable bonds is 6. The molecule has 0 unspecified atom stereocenters. The molecular formula is C17H22N2O4S. The molecule has 0 aliphatic carbocycles. The van der Waals surface area contributed by atoms with Gasteiger partial charge in [-0.05, 0) is 43.9 Å². The number of carbonyl (C=O) groups excluding carboxylic acids is 1. The quantitative estimate of drug-likeness (QED) is 0.734. The van der Waals surface area contributed by atoms with Crippen LogP contribution in [0.5, 0.6) is 0 Å². The van der Waals surface area contributed by atoms with Crippen LogP contribution in [0.4, 0.5) is 0 Å². The van der Waals surface area contributed by atoms with Crippen LogP contribution in [0.25, 0.3) is 0 Å². The van der Waals surface area contributed by atoms with E-state index < -0.39 is 22.1 Å². The number of sulfonamides is 1. The lowest BCUT2D eigenvalue weighted by atomic mass is 10.1. The normalized spacial score (nSPS) is 17.0. The standard InChI is InChI=1S/C17H22N2O4S/c1-14(13-18)23-17(20)10-7-15-5-8-16(9-6-15)24(21,22)19-11-3-2-4-12-19/h5-6,8-9,14H,2-4,7,10-12H2,1H3/t14-/m0/s1. The van der Waals surface area contributed by atoms with Crippen LogP contribution >= 0.6 is 0 Å². The maximum atomic E-state index is 12.5. The van der Waals surface area contributed by atoms with Crippen LogP contribution in [0.15, 0.2) is 29.2 Å². The molecule has 0 spiro atoms. The zero-order valence-electron chi connectivity index (χ0n) is 13.8. The van der Waals surface area contributed by atoms with Crippen LogP contribution in [0.3, 0.4) is 0 Å². The third-order valence-electron chi connectivity index (χ3n) is 3.98. The second-order valence-electron chi connectivity index (χ2n) is 5.87. The molecule has 0 bridgehead atoms. The van der Waals surface area contributed by atoms with Gasteiger partial charge in [0.1, 0.15) is 6.07 Å². The average molecular weight is 350 g/mol. The highest BCUT2D eigenvalue weighted by atomic mass is 32.2. The Labute approximate surface area is 143 Å². The summed E-state index contributed by atoms with van der Waals surface area (Å²) in [4.78, 5) is 11.8. The molecule has 1 atom stereocenters. The number of hydrogen-bond acceptors (Lipinski definition) is 5. The molecule has 1 aliphatic rings. The van der Waals surface area contributed by atoms with E-state index in [2.05, 4.69) is 0 Å². The van der Waals surface area contributed by atoms with E-state index in [1.165, 1.54) is 11.2 Å². The van der Waals surface area contributed by atoms with E-state index in [9.17, 15) is 13.2 Å². The fourth-order valence-corrected chi connectivity index (χ4v) is 4.13. The molecule has 0 radical (unpaired) electrons. The van der Waals surface area contributed by atoms with Crippen molar-refractivity contribution in [2.45, 2.75) is 50.0 Å². The Bertz CT molecular complexity index is 701. The molecular weight excluding hydrogens is 328 g/mol. The van der Waals surface area contributed by atoms with Gasteiger partial charge in [-0.1, -0.05) is 18.6 Å². The minimum Gasteiger partial charge on any atom is -0.447 e. The summed E-state index contributed by atoms with van der Waals surface area (Å²) in [5, 5.41) is 8.60. The molecule has 1 aliphatic heterocycles. The second-order valence-corrected chi connectivity index (χ2v) is 7.81. The molecule has 130 valence electrons. The molecule has 1 saturated heterocycles. The summed E-state index contributed by atoms with van der Waals surface area (Å²) in [6, 6.07) is 8.45. The van der Waals surface area contributed by atoms with Gasteiger partial charge in [-0.3, -0.25) is 4.79 Å². The highest BCUT2D eigenvalue weighted by molar-refractivity contribution is 7.89. The number of benzene rings is 1. The Morgan fingerprint density at radius 3 is 2.46 bits per heavy atom. The Hall–Kier alpha value is -1.91. The number of esters is 1. The van der Waals surface area contributed by atoms with Gasteiger partial charge in [0, 0.05) is 19.5 Å². The van der Waals surface area contributed by atoms with Gasteiger partial charge in [0.2, 0.25) is 10.0 Å². The van der Waals surface area contributed by atoms with Gasteiger partial charge in [-0.25, -0.2) is 8.42 Å². The number of piperidine rings is 1. The zero-order valence-corrected chi connectivity index (χ0v) is 14.6. The van der Waals surface area contributed by atoms with Crippen molar-refractivity contribution in [2.24, 2.45) is 0 Å². The summed E-state index contributed by atoms with van der Waals surface area (Å²) in [5.74, 6) is -0.436. The predicted molar refractivity (Wildman–Crippen MR) is 88.5 cm³/mol. The van der Waals surface area contributed by atoms with Crippen molar-refractivity contribution in [3.8, 4) is 6.07 Å². The van der Waals surface area contributed by atoms with Crippen molar-refractivity contribution >= 4 is 16.0 Å². The highest BCUT2D eigenvalue weighted by Gasteiger charge is 2.25. The topological polar surface area (TPSA) is 87.5 Å².